The van der Waals surface area contributed by atoms with Crippen LogP contribution in [0, 0.1) is 0 Å². The van der Waals surface area contributed by atoms with Gasteiger partial charge in [-0.1, -0.05) is 80.4 Å². The van der Waals surface area contributed by atoms with Crippen molar-refractivity contribution in [2.75, 3.05) is 13.2 Å². The first-order valence-corrected chi connectivity index (χ1v) is 8.31. The van der Waals surface area contributed by atoms with Gasteiger partial charge in [0.1, 0.15) is 6.61 Å². The molecule has 122 valence electrons. The Bertz CT molecular complexity index is 529. The van der Waals surface area contributed by atoms with Gasteiger partial charge in [-0.2, -0.15) is 0 Å². The minimum absolute atomic E-state index is 0.0544. The predicted molar refractivity (Wildman–Crippen MR) is 93.6 cm³/mol. The van der Waals surface area contributed by atoms with E-state index in [2.05, 4.69) is 36.5 Å². The van der Waals surface area contributed by atoms with Gasteiger partial charge in [-0.3, -0.25) is 0 Å². The second kappa shape index (κ2) is 9.67. The maximum Gasteiger partial charge on any atom is 0.407 e. The van der Waals surface area contributed by atoms with Crippen LogP contribution >= 0.6 is 0 Å². The Hall–Kier alpha value is -2.29. The first-order valence-electron chi connectivity index (χ1n) is 8.31. The van der Waals surface area contributed by atoms with Crippen molar-refractivity contribution >= 4 is 6.09 Å². The van der Waals surface area contributed by atoms with E-state index in [4.69, 9.17) is 4.74 Å². The van der Waals surface area contributed by atoms with Crippen LogP contribution in [0.2, 0.25) is 0 Å². The van der Waals surface area contributed by atoms with E-state index in [0.717, 1.165) is 30.4 Å². The molecule has 0 bridgehead atoms. The monoisotopic (exact) mass is 311 g/mol. The van der Waals surface area contributed by atoms with Crippen molar-refractivity contribution in [1.29, 1.82) is 0 Å². The Labute approximate surface area is 138 Å². The molecule has 2 aromatic carbocycles. The van der Waals surface area contributed by atoms with Gasteiger partial charge in [-0.05, 0) is 17.5 Å². The first-order chi connectivity index (χ1) is 11.3. The number of unbranched alkanes of at least 4 members (excludes halogenated alkanes) is 2. The van der Waals surface area contributed by atoms with Crippen LogP contribution in [-0.2, 0) is 4.74 Å². The lowest BCUT2D eigenvalue weighted by atomic mass is 9.92. The van der Waals surface area contributed by atoms with E-state index in [9.17, 15) is 4.79 Å². The average molecular weight is 311 g/mol. The molecule has 0 aliphatic carbocycles. The first kappa shape index (κ1) is 17.1. The molecule has 2 rings (SSSR count). The molecule has 0 heterocycles. The molecule has 1 N–H and O–H groups in total. The fourth-order valence-corrected chi connectivity index (χ4v) is 2.53. The minimum Gasteiger partial charge on any atom is -0.449 e. The zero-order valence-corrected chi connectivity index (χ0v) is 13.7. The molecule has 0 aliphatic rings. The van der Waals surface area contributed by atoms with Gasteiger partial charge in [0, 0.05) is 12.5 Å². The molecule has 0 saturated heterocycles. The highest BCUT2D eigenvalue weighted by Crippen LogP contribution is 2.24. The Morgan fingerprint density at radius 3 is 2.04 bits per heavy atom. The van der Waals surface area contributed by atoms with Gasteiger partial charge in [-0.15, -0.1) is 0 Å². The Kier molecular flexibility index (Phi) is 7.18. The van der Waals surface area contributed by atoms with Crippen LogP contribution in [-0.4, -0.2) is 19.2 Å². The topological polar surface area (TPSA) is 38.3 Å². The standard InChI is InChI=1S/C20H25NO2/c1-2-3-10-15-21-20(22)23-16-19(17-11-6-4-7-12-17)18-13-8-5-9-14-18/h4-9,11-14,19H,2-3,10,15-16H2,1H3,(H,21,22). The van der Waals surface area contributed by atoms with E-state index < -0.39 is 0 Å². The fraction of sp³-hybridized carbons (Fsp3) is 0.350. The van der Waals surface area contributed by atoms with Gasteiger partial charge in [0.25, 0.3) is 0 Å². The molecule has 23 heavy (non-hydrogen) atoms. The lowest BCUT2D eigenvalue weighted by molar-refractivity contribution is 0.142. The number of amides is 1. The molecule has 0 atom stereocenters. The van der Waals surface area contributed by atoms with E-state index in [-0.39, 0.29) is 12.0 Å². The molecule has 1 amide bonds. The van der Waals surface area contributed by atoms with Crippen LogP contribution in [0.25, 0.3) is 0 Å². The molecular formula is C20H25NO2. The number of carbonyl (C=O) groups excluding carboxylic acids is 1. The summed E-state index contributed by atoms with van der Waals surface area (Å²) in [6.45, 7) is 3.16. The fourth-order valence-electron chi connectivity index (χ4n) is 2.53. The molecule has 0 aromatic heterocycles. The number of nitrogens with one attached hydrogen (secondary N) is 1. The predicted octanol–water partition coefficient (Wildman–Crippen LogP) is 4.73. The summed E-state index contributed by atoms with van der Waals surface area (Å²) in [6.07, 6.45) is 2.92. The Morgan fingerprint density at radius 2 is 1.52 bits per heavy atom. The third kappa shape index (κ3) is 5.78. The van der Waals surface area contributed by atoms with Crippen molar-refractivity contribution in [2.45, 2.75) is 32.1 Å². The third-order valence-corrected chi connectivity index (χ3v) is 3.83. The van der Waals surface area contributed by atoms with Crippen molar-refractivity contribution in [3.05, 3.63) is 71.8 Å². The maximum atomic E-state index is 11.8. The Morgan fingerprint density at radius 1 is 0.957 bits per heavy atom. The number of hydrogen-bond acceptors (Lipinski definition) is 2. The molecule has 0 spiro atoms. The van der Waals surface area contributed by atoms with E-state index in [1.165, 1.54) is 0 Å². The SMILES string of the molecule is CCCCCNC(=O)OCC(c1ccccc1)c1ccccc1. The summed E-state index contributed by atoms with van der Waals surface area (Å²) in [5, 5.41) is 2.81. The van der Waals surface area contributed by atoms with Crippen molar-refractivity contribution in [3.8, 4) is 0 Å². The number of rotatable bonds is 8. The minimum atomic E-state index is -0.335. The normalized spacial score (nSPS) is 10.5. The molecular weight excluding hydrogens is 286 g/mol. The quantitative estimate of drug-likeness (QED) is 0.715. The summed E-state index contributed by atoms with van der Waals surface area (Å²) in [4.78, 5) is 11.8. The molecule has 0 saturated carbocycles. The van der Waals surface area contributed by atoms with E-state index in [1.807, 2.05) is 36.4 Å². The van der Waals surface area contributed by atoms with Crippen molar-refractivity contribution in [2.24, 2.45) is 0 Å². The second-order valence-corrected chi connectivity index (χ2v) is 5.61. The highest BCUT2D eigenvalue weighted by molar-refractivity contribution is 5.67. The summed E-state index contributed by atoms with van der Waals surface area (Å²) < 4.78 is 5.44. The maximum absolute atomic E-state index is 11.8. The largest absolute Gasteiger partial charge is 0.449 e. The van der Waals surface area contributed by atoms with Crippen molar-refractivity contribution < 1.29 is 9.53 Å². The number of ether oxygens (including phenoxy) is 1. The highest BCUT2D eigenvalue weighted by atomic mass is 16.5. The number of alkyl carbamates (subject to hydrolysis) is 1. The van der Waals surface area contributed by atoms with Crippen LogP contribution in [0.1, 0.15) is 43.2 Å². The lowest BCUT2D eigenvalue weighted by Gasteiger charge is -2.18. The summed E-state index contributed by atoms with van der Waals surface area (Å²) in [5.41, 5.74) is 2.30. The van der Waals surface area contributed by atoms with E-state index in [1.54, 1.807) is 0 Å². The van der Waals surface area contributed by atoms with Gasteiger partial charge < -0.3 is 10.1 Å². The number of hydrogen-bond donors (Lipinski definition) is 1. The third-order valence-electron chi connectivity index (χ3n) is 3.83. The van der Waals surface area contributed by atoms with Crippen LogP contribution in [0.5, 0.6) is 0 Å². The van der Waals surface area contributed by atoms with Gasteiger partial charge in [0.15, 0.2) is 0 Å². The van der Waals surface area contributed by atoms with E-state index in [0.29, 0.717) is 13.2 Å². The molecule has 3 heteroatoms. The van der Waals surface area contributed by atoms with Crippen molar-refractivity contribution in [1.82, 2.24) is 5.32 Å². The van der Waals surface area contributed by atoms with Crippen molar-refractivity contribution in [3.63, 3.8) is 0 Å². The summed E-state index contributed by atoms with van der Waals surface area (Å²) in [6, 6.07) is 20.3. The molecule has 0 radical (unpaired) electrons. The van der Waals surface area contributed by atoms with Crippen LogP contribution in [0.4, 0.5) is 4.79 Å². The van der Waals surface area contributed by atoms with Gasteiger partial charge in [0.05, 0.1) is 0 Å². The number of carbonyl (C=O) groups is 1. The van der Waals surface area contributed by atoms with Gasteiger partial charge in [-0.25, -0.2) is 4.79 Å². The molecule has 2 aromatic rings. The molecule has 0 aliphatic heterocycles. The summed E-state index contributed by atoms with van der Waals surface area (Å²) in [5.74, 6) is 0.0544. The molecule has 3 nitrogen and oxygen atoms in total. The Balaban J connectivity index is 1.95. The zero-order valence-electron chi connectivity index (χ0n) is 13.7. The zero-order chi connectivity index (χ0) is 16.3. The van der Waals surface area contributed by atoms with Crippen LogP contribution in [0.3, 0.4) is 0 Å². The van der Waals surface area contributed by atoms with Gasteiger partial charge in [0.2, 0.25) is 0 Å². The van der Waals surface area contributed by atoms with Crippen LogP contribution < -0.4 is 5.32 Å². The lowest BCUT2D eigenvalue weighted by Crippen LogP contribution is -2.27. The number of benzene rings is 2. The molecule has 0 fully saturated rings. The molecule has 0 unspecified atom stereocenters. The summed E-state index contributed by atoms with van der Waals surface area (Å²) >= 11 is 0. The van der Waals surface area contributed by atoms with Crippen LogP contribution in [0.15, 0.2) is 60.7 Å². The highest BCUT2D eigenvalue weighted by Gasteiger charge is 2.16. The average Bonchev–Trinajstić information content (AvgIpc) is 2.61. The smallest absolute Gasteiger partial charge is 0.407 e. The second-order valence-electron chi connectivity index (χ2n) is 5.61. The summed E-state index contributed by atoms with van der Waals surface area (Å²) in [7, 11) is 0. The van der Waals surface area contributed by atoms with E-state index >= 15 is 0 Å². The van der Waals surface area contributed by atoms with Gasteiger partial charge >= 0.3 is 6.09 Å².